The minimum Gasteiger partial charge on any atom is -0.489 e. The summed E-state index contributed by atoms with van der Waals surface area (Å²) in [5.41, 5.74) is 2.44. The highest BCUT2D eigenvalue weighted by Crippen LogP contribution is 2.21. The molecule has 2 aromatic carbocycles. The fourth-order valence-electron chi connectivity index (χ4n) is 2.34. The first-order chi connectivity index (χ1) is 12.4. The number of carbonyl (C=O) groups is 1. The van der Waals surface area contributed by atoms with Crippen molar-refractivity contribution < 1.29 is 18.4 Å². The first-order valence-corrected chi connectivity index (χ1v) is 8.23. The van der Waals surface area contributed by atoms with E-state index in [4.69, 9.17) is 20.9 Å². The molecule has 0 atom stereocenters. The molecule has 0 bridgehead atoms. The maximum absolute atomic E-state index is 13.4. The van der Waals surface area contributed by atoms with Crippen molar-refractivity contribution in [3.05, 3.63) is 75.9 Å². The number of nitrogens with zero attached hydrogens (tertiary/aromatic N) is 1. The summed E-state index contributed by atoms with van der Waals surface area (Å²) < 4.78 is 24.2. The third kappa shape index (κ3) is 4.03. The summed E-state index contributed by atoms with van der Waals surface area (Å²) in [6.07, 6.45) is 0. The second-order valence-corrected chi connectivity index (χ2v) is 6.11. The van der Waals surface area contributed by atoms with Crippen LogP contribution in [0.25, 0.3) is 0 Å². The summed E-state index contributed by atoms with van der Waals surface area (Å²) in [5, 5.41) is 6.49. The summed E-state index contributed by atoms with van der Waals surface area (Å²) in [6, 6.07) is 10.7. The zero-order valence-electron chi connectivity index (χ0n) is 14.2. The molecule has 0 saturated heterocycles. The van der Waals surface area contributed by atoms with Gasteiger partial charge in [-0.3, -0.25) is 4.79 Å². The van der Waals surface area contributed by atoms with Gasteiger partial charge in [0.1, 0.15) is 23.9 Å². The number of nitrogens with one attached hydrogen (secondary N) is 1. The van der Waals surface area contributed by atoms with Crippen LogP contribution in [0, 0.1) is 19.7 Å². The first-order valence-electron chi connectivity index (χ1n) is 7.85. The van der Waals surface area contributed by atoms with E-state index in [0.29, 0.717) is 29.4 Å². The molecule has 26 heavy (non-hydrogen) atoms. The molecule has 134 valence electrons. The van der Waals surface area contributed by atoms with Gasteiger partial charge in [-0.15, -0.1) is 0 Å². The van der Waals surface area contributed by atoms with Crippen LogP contribution in [0.4, 0.5) is 10.1 Å². The predicted molar refractivity (Wildman–Crippen MR) is 96.1 cm³/mol. The van der Waals surface area contributed by atoms with E-state index in [1.165, 1.54) is 18.2 Å². The third-order valence-electron chi connectivity index (χ3n) is 3.86. The van der Waals surface area contributed by atoms with Gasteiger partial charge in [-0.2, -0.15) is 0 Å². The number of hydrogen-bond donors (Lipinski definition) is 1. The highest BCUT2D eigenvalue weighted by atomic mass is 35.5. The van der Waals surface area contributed by atoms with E-state index in [2.05, 4.69) is 10.5 Å². The van der Waals surface area contributed by atoms with Crippen LogP contribution < -0.4 is 10.1 Å². The number of anilines is 1. The second-order valence-electron chi connectivity index (χ2n) is 5.70. The monoisotopic (exact) mass is 374 g/mol. The van der Waals surface area contributed by atoms with E-state index >= 15 is 0 Å². The topological polar surface area (TPSA) is 64.4 Å². The zero-order chi connectivity index (χ0) is 18.7. The van der Waals surface area contributed by atoms with Gasteiger partial charge in [-0.25, -0.2) is 4.39 Å². The molecule has 0 unspecified atom stereocenters. The lowest BCUT2D eigenvalue weighted by Crippen LogP contribution is -2.12. The highest BCUT2D eigenvalue weighted by Gasteiger charge is 2.11. The van der Waals surface area contributed by atoms with E-state index in [0.717, 1.165) is 11.3 Å². The number of aryl methyl sites for hydroxylation is 2. The molecular formula is C19H16ClFN2O3. The molecule has 0 saturated carbocycles. The Hall–Kier alpha value is -2.86. The summed E-state index contributed by atoms with van der Waals surface area (Å²) >= 11 is 5.63. The first kappa shape index (κ1) is 17.9. The van der Waals surface area contributed by atoms with Gasteiger partial charge in [0.15, 0.2) is 0 Å². The van der Waals surface area contributed by atoms with Gasteiger partial charge in [0.05, 0.1) is 16.3 Å². The van der Waals surface area contributed by atoms with Crippen LogP contribution in [-0.4, -0.2) is 11.1 Å². The van der Waals surface area contributed by atoms with Crippen molar-refractivity contribution in [2.75, 3.05) is 5.32 Å². The van der Waals surface area contributed by atoms with Crippen molar-refractivity contribution >= 4 is 23.2 Å². The Labute approximate surface area is 154 Å². The van der Waals surface area contributed by atoms with Crippen molar-refractivity contribution in [2.24, 2.45) is 0 Å². The van der Waals surface area contributed by atoms with Crippen molar-refractivity contribution in [3.63, 3.8) is 0 Å². The number of rotatable bonds is 5. The second kappa shape index (κ2) is 7.58. The summed E-state index contributed by atoms with van der Waals surface area (Å²) in [4.78, 5) is 12.2. The average molecular weight is 375 g/mol. The van der Waals surface area contributed by atoms with E-state index < -0.39 is 5.82 Å². The Morgan fingerprint density at radius 3 is 2.58 bits per heavy atom. The Morgan fingerprint density at radius 2 is 1.96 bits per heavy atom. The van der Waals surface area contributed by atoms with Crippen LogP contribution in [0.3, 0.4) is 0 Å². The maximum Gasteiger partial charge on any atom is 0.255 e. The van der Waals surface area contributed by atoms with Crippen molar-refractivity contribution in [1.29, 1.82) is 0 Å². The molecule has 1 heterocycles. The molecule has 0 aliphatic heterocycles. The molecule has 0 aliphatic carbocycles. The third-order valence-corrected chi connectivity index (χ3v) is 4.16. The SMILES string of the molecule is Cc1noc(C)c1COc1ccc(C(=O)Nc2ccc(Cl)c(F)c2)cc1. The number of halogens is 2. The van der Waals surface area contributed by atoms with Crippen LogP contribution in [0.2, 0.25) is 5.02 Å². The minimum absolute atomic E-state index is 0.00259. The molecule has 1 N–H and O–H groups in total. The van der Waals surface area contributed by atoms with E-state index in [-0.39, 0.29) is 10.9 Å². The van der Waals surface area contributed by atoms with Crippen LogP contribution in [0.5, 0.6) is 5.75 Å². The van der Waals surface area contributed by atoms with Gasteiger partial charge in [-0.1, -0.05) is 16.8 Å². The van der Waals surface area contributed by atoms with Gasteiger partial charge in [0, 0.05) is 11.3 Å². The number of benzene rings is 2. The molecule has 3 aromatic rings. The van der Waals surface area contributed by atoms with Crippen molar-refractivity contribution in [3.8, 4) is 5.75 Å². The predicted octanol–water partition coefficient (Wildman–Crippen LogP) is 4.92. The molecular weight excluding hydrogens is 359 g/mol. The standard InChI is InChI=1S/C19H16ClFN2O3/c1-11-16(12(2)26-23-11)10-25-15-6-3-13(4-7-15)19(24)22-14-5-8-17(20)18(21)9-14/h3-9H,10H2,1-2H3,(H,22,24). The molecule has 1 amide bonds. The largest absolute Gasteiger partial charge is 0.489 e. The van der Waals surface area contributed by atoms with Crippen LogP contribution >= 0.6 is 11.6 Å². The fourth-order valence-corrected chi connectivity index (χ4v) is 2.46. The molecule has 0 radical (unpaired) electrons. The number of amides is 1. The van der Waals surface area contributed by atoms with E-state index in [1.54, 1.807) is 24.3 Å². The van der Waals surface area contributed by atoms with Crippen LogP contribution in [0.1, 0.15) is 27.4 Å². The number of ether oxygens (including phenoxy) is 1. The quantitative estimate of drug-likeness (QED) is 0.688. The number of hydrogen-bond acceptors (Lipinski definition) is 4. The summed E-state index contributed by atoms with van der Waals surface area (Å²) in [6.45, 7) is 4.00. The Balaban J connectivity index is 1.63. The molecule has 1 aromatic heterocycles. The smallest absolute Gasteiger partial charge is 0.255 e. The lowest BCUT2D eigenvalue weighted by molar-refractivity contribution is 0.102. The summed E-state index contributed by atoms with van der Waals surface area (Å²) in [7, 11) is 0. The van der Waals surface area contributed by atoms with Gasteiger partial charge in [0.25, 0.3) is 5.91 Å². The molecule has 5 nitrogen and oxygen atoms in total. The molecule has 0 aliphatic rings. The Morgan fingerprint density at radius 1 is 1.23 bits per heavy atom. The van der Waals surface area contributed by atoms with Crippen molar-refractivity contribution in [2.45, 2.75) is 20.5 Å². The fraction of sp³-hybridized carbons (Fsp3) is 0.158. The zero-order valence-corrected chi connectivity index (χ0v) is 14.9. The number of carbonyl (C=O) groups excluding carboxylic acids is 1. The molecule has 0 spiro atoms. The Bertz CT molecular complexity index is 919. The van der Waals surface area contributed by atoms with Crippen LogP contribution in [-0.2, 0) is 6.61 Å². The molecule has 3 rings (SSSR count). The van der Waals surface area contributed by atoms with Gasteiger partial charge < -0.3 is 14.6 Å². The van der Waals surface area contributed by atoms with Gasteiger partial charge >= 0.3 is 0 Å². The molecule has 7 heteroatoms. The lowest BCUT2D eigenvalue weighted by Gasteiger charge is -2.08. The number of aromatic nitrogens is 1. The van der Waals surface area contributed by atoms with Crippen LogP contribution in [0.15, 0.2) is 47.0 Å². The average Bonchev–Trinajstić information content (AvgIpc) is 2.95. The van der Waals surface area contributed by atoms with E-state index in [1.807, 2.05) is 13.8 Å². The summed E-state index contributed by atoms with van der Waals surface area (Å²) in [5.74, 6) is 0.379. The lowest BCUT2D eigenvalue weighted by atomic mass is 10.2. The maximum atomic E-state index is 13.4. The van der Waals surface area contributed by atoms with E-state index in [9.17, 15) is 9.18 Å². The van der Waals surface area contributed by atoms with Gasteiger partial charge in [-0.05, 0) is 56.3 Å². The molecule has 0 fully saturated rings. The highest BCUT2D eigenvalue weighted by molar-refractivity contribution is 6.30. The van der Waals surface area contributed by atoms with Crippen molar-refractivity contribution in [1.82, 2.24) is 5.16 Å². The van der Waals surface area contributed by atoms with Gasteiger partial charge in [0.2, 0.25) is 0 Å². The normalized spacial score (nSPS) is 10.6. The Kier molecular flexibility index (Phi) is 5.23. The minimum atomic E-state index is -0.590.